The van der Waals surface area contributed by atoms with Crippen LogP contribution in [-0.4, -0.2) is 25.7 Å². The van der Waals surface area contributed by atoms with Crippen LogP contribution < -0.4 is 11.1 Å². The van der Waals surface area contributed by atoms with Gasteiger partial charge >= 0.3 is 0 Å². The van der Waals surface area contributed by atoms with E-state index in [2.05, 4.69) is 20.4 Å². The molecule has 0 radical (unpaired) electrons. The maximum absolute atomic E-state index is 11.2. The first-order valence-electron chi connectivity index (χ1n) is 7.02. The number of carbonyl (C=O) groups is 1. The van der Waals surface area contributed by atoms with Gasteiger partial charge in [0, 0.05) is 30.6 Å². The van der Waals surface area contributed by atoms with Gasteiger partial charge in [-0.15, -0.1) is 0 Å². The molecule has 23 heavy (non-hydrogen) atoms. The Morgan fingerprint density at radius 2 is 1.96 bits per heavy atom. The molecule has 3 N–H and O–H groups in total. The molecule has 0 saturated heterocycles. The molecule has 116 valence electrons. The lowest BCUT2D eigenvalue weighted by molar-refractivity contribution is 0.100. The van der Waals surface area contributed by atoms with E-state index in [1.54, 1.807) is 29.2 Å². The van der Waals surface area contributed by atoms with Crippen LogP contribution in [0.2, 0.25) is 0 Å². The minimum absolute atomic E-state index is 0.449. The average molecular weight is 308 g/mol. The molecule has 7 heteroatoms. The van der Waals surface area contributed by atoms with Crippen LogP contribution in [0.5, 0.6) is 0 Å². The van der Waals surface area contributed by atoms with Crippen molar-refractivity contribution in [3.8, 4) is 11.3 Å². The number of nitrogens with zero attached hydrogens (tertiary/aromatic N) is 4. The summed E-state index contributed by atoms with van der Waals surface area (Å²) in [6.45, 7) is 1.94. The number of hydrogen-bond donors (Lipinski definition) is 2. The number of anilines is 2. The number of aryl methyl sites for hydroxylation is 2. The van der Waals surface area contributed by atoms with Crippen molar-refractivity contribution in [2.24, 2.45) is 12.8 Å². The number of benzene rings is 1. The highest BCUT2D eigenvalue weighted by molar-refractivity contribution is 5.93. The SMILES string of the molecule is Cc1cnc(Nc2cnn(C)c2)nc1-c1ccc(C(N)=O)cc1. The van der Waals surface area contributed by atoms with Gasteiger partial charge in [0.05, 0.1) is 17.6 Å². The van der Waals surface area contributed by atoms with Gasteiger partial charge in [-0.2, -0.15) is 5.10 Å². The zero-order valence-electron chi connectivity index (χ0n) is 12.8. The molecule has 0 saturated carbocycles. The van der Waals surface area contributed by atoms with Gasteiger partial charge in [-0.05, 0) is 24.6 Å². The summed E-state index contributed by atoms with van der Waals surface area (Å²) in [7, 11) is 1.84. The molecule has 3 aromatic rings. The Kier molecular flexibility index (Phi) is 3.76. The third-order valence-corrected chi connectivity index (χ3v) is 3.38. The Balaban J connectivity index is 1.92. The lowest BCUT2D eigenvalue weighted by atomic mass is 10.1. The van der Waals surface area contributed by atoms with E-state index in [9.17, 15) is 4.79 Å². The van der Waals surface area contributed by atoms with Gasteiger partial charge in [0.15, 0.2) is 0 Å². The fourth-order valence-corrected chi connectivity index (χ4v) is 2.20. The molecule has 0 spiro atoms. The van der Waals surface area contributed by atoms with Crippen LogP contribution in [0.4, 0.5) is 11.6 Å². The molecular formula is C16H16N6O. The zero-order valence-corrected chi connectivity index (χ0v) is 12.8. The molecular weight excluding hydrogens is 292 g/mol. The molecule has 0 aliphatic rings. The van der Waals surface area contributed by atoms with Gasteiger partial charge in [-0.25, -0.2) is 9.97 Å². The molecule has 7 nitrogen and oxygen atoms in total. The third kappa shape index (κ3) is 3.18. The predicted octanol–water partition coefficient (Wildman–Crippen LogP) is 2.03. The first-order chi connectivity index (χ1) is 11.0. The van der Waals surface area contributed by atoms with E-state index in [-0.39, 0.29) is 0 Å². The van der Waals surface area contributed by atoms with Crippen molar-refractivity contribution < 1.29 is 4.79 Å². The predicted molar refractivity (Wildman–Crippen MR) is 87.2 cm³/mol. The number of amides is 1. The molecule has 2 heterocycles. The molecule has 1 amide bonds. The average Bonchev–Trinajstić information content (AvgIpc) is 2.94. The van der Waals surface area contributed by atoms with E-state index in [0.717, 1.165) is 22.5 Å². The lowest BCUT2D eigenvalue weighted by Gasteiger charge is -2.08. The van der Waals surface area contributed by atoms with E-state index in [1.807, 2.05) is 32.3 Å². The number of rotatable bonds is 4. The minimum atomic E-state index is -0.449. The first kappa shape index (κ1) is 14.7. The van der Waals surface area contributed by atoms with E-state index in [4.69, 9.17) is 5.73 Å². The molecule has 2 aromatic heterocycles. The van der Waals surface area contributed by atoms with Gasteiger partial charge in [-0.1, -0.05) is 12.1 Å². The number of hydrogen-bond acceptors (Lipinski definition) is 5. The fourth-order valence-electron chi connectivity index (χ4n) is 2.20. The second-order valence-electron chi connectivity index (χ2n) is 5.19. The van der Waals surface area contributed by atoms with Crippen LogP contribution in [0.3, 0.4) is 0 Å². The van der Waals surface area contributed by atoms with Crippen LogP contribution in [-0.2, 0) is 7.05 Å². The van der Waals surface area contributed by atoms with E-state index >= 15 is 0 Å². The summed E-state index contributed by atoms with van der Waals surface area (Å²) in [5, 5.41) is 7.20. The van der Waals surface area contributed by atoms with Crippen molar-refractivity contribution in [2.75, 3.05) is 5.32 Å². The Morgan fingerprint density at radius 3 is 2.57 bits per heavy atom. The Bertz CT molecular complexity index is 853. The summed E-state index contributed by atoms with van der Waals surface area (Å²) >= 11 is 0. The summed E-state index contributed by atoms with van der Waals surface area (Å²) in [4.78, 5) is 20.0. The number of nitrogens with two attached hydrogens (primary N) is 1. The quantitative estimate of drug-likeness (QED) is 0.768. The molecule has 0 aliphatic carbocycles. The number of carbonyl (C=O) groups excluding carboxylic acids is 1. The minimum Gasteiger partial charge on any atom is -0.366 e. The summed E-state index contributed by atoms with van der Waals surface area (Å²) in [5.74, 6) is 0.0347. The normalized spacial score (nSPS) is 10.5. The topological polar surface area (TPSA) is 98.7 Å². The van der Waals surface area contributed by atoms with Gasteiger partial charge < -0.3 is 11.1 Å². The zero-order chi connectivity index (χ0) is 16.4. The lowest BCUT2D eigenvalue weighted by Crippen LogP contribution is -2.10. The number of aromatic nitrogens is 4. The van der Waals surface area contributed by atoms with Gasteiger partial charge in [0.2, 0.25) is 11.9 Å². The van der Waals surface area contributed by atoms with Crippen molar-refractivity contribution in [3.63, 3.8) is 0 Å². The van der Waals surface area contributed by atoms with Gasteiger partial charge in [0.1, 0.15) is 0 Å². The molecule has 0 unspecified atom stereocenters. The van der Waals surface area contributed by atoms with Crippen LogP contribution >= 0.6 is 0 Å². The molecule has 0 aliphatic heterocycles. The Morgan fingerprint density at radius 1 is 1.22 bits per heavy atom. The van der Waals surface area contributed by atoms with Crippen LogP contribution in [0.15, 0.2) is 42.9 Å². The smallest absolute Gasteiger partial charge is 0.248 e. The van der Waals surface area contributed by atoms with Gasteiger partial charge in [0.25, 0.3) is 0 Å². The standard InChI is InChI=1S/C16H16N6O/c1-10-7-18-16(20-13-8-19-22(2)9-13)21-14(10)11-3-5-12(6-4-11)15(17)23/h3-9H,1-2H3,(H2,17,23)(H,18,20,21). The summed E-state index contributed by atoms with van der Waals surface area (Å²) in [5.41, 5.74) is 9.17. The maximum atomic E-state index is 11.2. The summed E-state index contributed by atoms with van der Waals surface area (Å²) in [6, 6.07) is 7.02. The van der Waals surface area contributed by atoms with Crippen molar-refractivity contribution in [1.82, 2.24) is 19.7 Å². The maximum Gasteiger partial charge on any atom is 0.248 e. The van der Waals surface area contributed by atoms with Crippen molar-refractivity contribution in [1.29, 1.82) is 0 Å². The highest BCUT2D eigenvalue weighted by Crippen LogP contribution is 2.23. The second-order valence-corrected chi connectivity index (χ2v) is 5.19. The summed E-state index contributed by atoms with van der Waals surface area (Å²) < 4.78 is 1.69. The van der Waals surface area contributed by atoms with E-state index in [1.165, 1.54) is 0 Å². The molecule has 3 rings (SSSR count). The Labute approximate surface area is 133 Å². The van der Waals surface area contributed by atoms with Crippen LogP contribution in [0, 0.1) is 6.92 Å². The van der Waals surface area contributed by atoms with Crippen LogP contribution in [0.1, 0.15) is 15.9 Å². The molecule has 1 aromatic carbocycles. The largest absolute Gasteiger partial charge is 0.366 e. The third-order valence-electron chi connectivity index (χ3n) is 3.38. The fraction of sp³-hybridized carbons (Fsp3) is 0.125. The summed E-state index contributed by atoms with van der Waals surface area (Å²) in [6.07, 6.45) is 5.29. The van der Waals surface area contributed by atoms with E-state index in [0.29, 0.717) is 11.5 Å². The van der Waals surface area contributed by atoms with Crippen molar-refractivity contribution in [2.45, 2.75) is 6.92 Å². The van der Waals surface area contributed by atoms with E-state index < -0.39 is 5.91 Å². The number of nitrogens with one attached hydrogen (secondary N) is 1. The number of primary amides is 1. The molecule has 0 atom stereocenters. The first-order valence-corrected chi connectivity index (χ1v) is 7.02. The van der Waals surface area contributed by atoms with Crippen molar-refractivity contribution >= 4 is 17.5 Å². The second kappa shape index (κ2) is 5.88. The highest BCUT2D eigenvalue weighted by atomic mass is 16.1. The van der Waals surface area contributed by atoms with Crippen LogP contribution in [0.25, 0.3) is 11.3 Å². The van der Waals surface area contributed by atoms with Gasteiger partial charge in [-0.3, -0.25) is 9.48 Å². The Hall–Kier alpha value is -3.22. The van der Waals surface area contributed by atoms with Crippen molar-refractivity contribution in [3.05, 3.63) is 54.0 Å². The molecule has 0 fully saturated rings. The monoisotopic (exact) mass is 308 g/mol. The highest BCUT2D eigenvalue weighted by Gasteiger charge is 2.08. The molecule has 0 bridgehead atoms.